The highest BCUT2D eigenvalue weighted by atomic mass is 19.1. The van der Waals surface area contributed by atoms with Crippen molar-refractivity contribution in [2.24, 2.45) is 11.7 Å². The van der Waals surface area contributed by atoms with Gasteiger partial charge in [-0.15, -0.1) is 0 Å². The Morgan fingerprint density at radius 1 is 1.24 bits per heavy atom. The van der Waals surface area contributed by atoms with Crippen LogP contribution in [0.2, 0.25) is 0 Å². The van der Waals surface area contributed by atoms with Crippen molar-refractivity contribution in [3.05, 3.63) is 35.4 Å². The van der Waals surface area contributed by atoms with Crippen molar-refractivity contribution in [3.8, 4) is 0 Å². The van der Waals surface area contributed by atoms with Gasteiger partial charge in [-0.3, -0.25) is 4.79 Å². The molecule has 0 spiro atoms. The molecule has 0 fully saturated rings. The maximum Gasteiger partial charge on any atom is 0.218 e. The number of carbonyl (C=O) groups is 1. The summed E-state index contributed by atoms with van der Waals surface area (Å²) >= 11 is 0. The van der Waals surface area contributed by atoms with Crippen LogP contribution in [0, 0.1) is 17.6 Å². The molecule has 1 unspecified atom stereocenters. The predicted molar refractivity (Wildman–Crippen MR) is 62.4 cm³/mol. The number of primary amides is 1. The fraction of sp³-hybridized carbons (Fsp3) is 0.462. The molecular formula is C13H17F2NO. The fourth-order valence-corrected chi connectivity index (χ4v) is 1.96. The van der Waals surface area contributed by atoms with Crippen LogP contribution in [0.5, 0.6) is 0 Å². The van der Waals surface area contributed by atoms with Gasteiger partial charge < -0.3 is 5.73 Å². The van der Waals surface area contributed by atoms with E-state index in [4.69, 9.17) is 5.73 Å². The van der Waals surface area contributed by atoms with Gasteiger partial charge in [0.1, 0.15) is 11.6 Å². The van der Waals surface area contributed by atoms with Gasteiger partial charge in [0.25, 0.3) is 0 Å². The Labute approximate surface area is 99.8 Å². The van der Waals surface area contributed by atoms with E-state index in [2.05, 4.69) is 0 Å². The Bertz CT molecular complexity index is 384. The smallest absolute Gasteiger partial charge is 0.218 e. The van der Waals surface area contributed by atoms with Crippen molar-refractivity contribution in [1.29, 1.82) is 0 Å². The van der Waals surface area contributed by atoms with E-state index in [1.807, 2.05) is 13.8 Å². The van der Waals surface area contributed by atoms with Crippen LogP contribution in [-0.2, 0) is 4.79 Å². The minimum Gasteiger partial charge on any atom is -0.370 e. The van der Waals surface area contributed by atoms with Crippen molar-refractivity contribution >= 4 is 5.91 Å². The molecule has 0 heterocycles. The lowest BCUT2D eigenvalue weighted by molar-refractivity contribution is -0.118. The average Bonchev–Trinajstić information content (AvgIpc) is 2.13. The summed E-state index contributed by atoms with van der Waals surface area (Å²) < 4.78 is 26.2. The molecule has 1 rings (SSSR count). The van der Waals surface area contributed by atoms with E-state index >= 15 is 0 Å². The predicted octanol–water partition coefficient (Wildman–Crippen LogP) is 2.97. The zero-order valence-corrected chi connectivity index (χ0v) is 10.0. The molecule has 0 bridgehead atoms. The number of hydrogen-bond acceptors (Lipinski definition) is 1. The molecule has 0 saturated carbocycles. The molecule has 0 aliphatic heterocycles. The Balaban J connectivity index is 2.98. The number of rotatable bonds is 5. The molecule has 1 aromatic rings. The number of halogens is 2. The third-order valence-corrected chi connectivity index (χ3v) is 2.56. The Kier molecular flexibility index (Phi) is 4.61. The van der Waals surface area contributed by atoms with Gasteiger partial charge in [0, 0.05) is 12.5 Å². The van der Waals surface area contributed by atoms with Gasteiger partial charge in [0.05, 0.1) is 0 Å². The van der Waals surface area contributed by atoms with Gasteiger partial charge in [-0.05, 0) is 36.0 Å². The SMILES string of the molecule is CC(C)CC(CC(N)=O)c1cc(F)cc(F)c1. The zero-order chi connectivity index (χ0) is 13.0. The fourth-order valence-electron chi connectivity index (χ4n) is 1.96. The highest BCUT2D eigenvalue weighted by Gasteiger charge is 2.17. The van der Waals surface area contributed by atoms with Gasteiger partial charge >= 0.3 is 0 Å². The summed E-state index contributed by atoms with van der Waals surface area (Å²) in [7, 11) is 0. The third kappa shape index (κ3) is 4.51. The van der Waals surface area contributed by atoms with E-state index in [9.17, 15) is 13.6 Å². The van der Waals surface area contributed by atoms with Crippen LogP contribution in [0.1, 0.15) is 38.2 Å². The van der Waals surface area contributed by atoms with E-state index < -0.39 is 17.5 Å². The van der Waals surface area contributed by atoms with Gasteiger partial charge in [0.2, 0.25) is 5.91 Å². The Hall–Kier alpha value is -1.45. The van der Waals surface area contributed by atoms with E-state index in [1.54, 1.807) is 0 Å². The van der Waals surface area contributed by atoms with E-state index in [1.165, 1.54) is 12.1 Å². The molecule has 1 amide bonds. The molecule has 4 heteroatoms. The summed E-state index contributed by atoms with van der Waals surface area (Å²) in [5, 5.41) is 0. The van der Waals surface area contributed by atoms with E-state index in [0.29, 0.717) is 17.9 Å². The maximum absolute atomic E-state index is 13.1. The third-order valence-electron chi connectivity index (χ3n) is 2.56. The standard InChI is InChI=1S/C13H17F2NO/c1-8(2)3-9(6-13(16)17)10-4-11(14)7-12(15)5-10/h4-5,7-9H,3,6H2,1-2H3,(H2,16,17). The summed E-state index contributed by atoms with van der Waals surface area (Å²) in [5.74, 6) is -1.61. The molecule has 17 heavy (non-hydrogen) atoms. The van der Waals surface area contributed by atoms with Gasteiger partial charge in [0.15, 0.2) is 0 Å². The first kappa shape index (κ1) is 13.6. The summed E-state index contributed by atoms with van der Waals surface area (Å²) in [6, 6.07) is 3.35. The highest BCUT2D eigenvalue weighted by Crippen LogP contribution is 2.28. The van der Waals surface area contributed by atoms with Crippen LogP contribution < -0.4 is 5.73 Å². The van der Waals surface area contributed by atoms with Crippen LogP contribution in [0.15, 0.2) is 18.2 Å². The molecule has 94 valence electrons. The minimum absolute atomic E-state index is 0.112. The topological polar surface area (TPSA) is 43.1 Å². The summed E-state index contributed by atoms with van der Waals surface area (Å²) in [6.07, 6.45) is 0.785. The van der Waals surface area contributed by atoms with Crippen LogP contribution in [0.25, 0.3) is 0 Å². The number of amides is 1. The second-order valence-corrected chi connectivity index (χ2v) is 4.70. The van der Waals surface area contributed by atoms with Gasteiger partial charge in [-0.25, -0.2) is 8.78 Å². The van der Waals surface area contributed by atoms with Gasteiger partial charge in [-0.2, -0.15) is 0 Å². The number of nitrogens with two attached hydrogens (primary N) is 1. The summed E-state index contributed by atoms with van der Waals surface area (Å²) in [5.41, 5.74) is 5.65. The molecule has 0 radical (unpaired) electrons. The zero-order valence-electron chi connectivity index (χ0n) is 10.0. The Morgan fingerprint density at radius 2 is 1.76 bits per heavy atom. The second-order valence-electron chi connectivity index (χ2n) is 4.70. The first-order valence-electron chi connectivity index (χ1n) is 5.62. The van der Waals surface area contributed by atoms with Crippen molar-refractivity contribution in [2.75, 3.05) is 0 Å². The summed E-state index contributed by atoms with van der Waals surface area (Å²) in [6.45, 7) is 3.98. The molecular weight excluding hydrogens is 224 g/mol. The maximum atomic E-state index is 13.1. The molecule has 2 nitrogen and oxygen atoms in total. The number of benzene rings is 1. The molecule has 0 aromatic heterocycles. The van der Waals surface area contributed by atoms with Crippen LogP contribution >= 0.6 is 0 Å². The molecule has 0 aliphatic carbocycles. The summed E-state index contributed by atoms with van der Waals surface area (Å²) in [4.78, 5) is 11.0. The Morgan fingerprint density at radius 3 is 2.18 bits per heavy atom. The molecule has 1 atom stereocenters. The number of carbonyl (C=O) groups excluding carboxylic acids is 1. The molecule has 2 N–H and O–H groups in total. The molecule has 0 aliphatic rings. The van der Waals surface area contributed by atoms with Crippen molar-refractivity contribution in [3.63, 3.8) is 0 Å². The molecule has 0 saturated heterocycles. The molecule has 1 aromatic carbocycles. The number of hydrogen-bond donors (Lipinski definition) is 1. The lowest BCUT2D eigenvalue weighted by Crippen LogP contribution is -2.17. The van der Waals surface area contributed by atoms with Crippen molar-refractivity contribution in [2.45, 2.75) is 32.6 Å². The largest absolute Gasteiger partial charge is 0.370 e. The average molecular weight is 241 g/mol. The first-order valence-corrected chi connectivity index (χ1v) is 5.62. The van der Waals surface area contributed by atoms with Gasteiger partial charge in [-0.1, -0.05) is 13.8 Å². The second kappa shape index (κ2) is 5.75. The quantitative estimate of drug-likeness (QED) is 0.846. The monoisotopic (exact) mass is 241 g/mol. The lowest BCUT2D eigenvalue weighted by atomic mass is 9.87. The van der Waals surface area contributed by atoms with Crippen molar-refractivity contribution < 1.29 is 13.6 Å². The normalized spacial score (nSPS) is 12.8. The van der Waals surface area contributed by atoms with Crippen LogP contribution in [0.4, 0.5) is 8.78 Å². The van der Waals surface area contributed by atoms with Crippen LogP contribution in [0.3, 0.4) is 0 Å². The van der Waals surface area contributed by atoms with E-state index in [-0.39, 0.29) is 12.3 Å². The van der Waals surface area contributed by atoms with E-state index in [0.717, 1.165) is 6.07 Å². The van der Waals surface area contributed by atoms with Crippen molar-refractivity contribution in [1.82, 2.24) is 0 Å². The minimum atomic E-state index is -0.627. The highest BCUT2D eigenvalue weighted by molar-refractivity contribution is 5.74. The lowest BCUT2D eigenvalue weighted by Gasteiger charge is -2.18. The van der Waals surface area contributed by atoms with Crippen LogP contribution in [-0.4, -0.2) is 5.91 Å². The first-order chi connectivity index (χ1) is 7.88.